The fraction of sp³-hybridized carbons (Fsp3) is 0.545. The first kappa shape index (κ1) is 16.8. The lowest BCUT2D eigenvalue weighted by Gasteiger charge is -2.19. The average molecular weight is 331 g/mol. The average Bonchev–Trinajstić information content (AvgIpc) is 2.90. The van der Waals surface area contributed by atoms with Crippen LogP contribution in [0.2, 0.25) is 0 Å². The molecule has 0 aliphatic heterocycles. The van der Waals surface area contributed by atoms with E-state index in [0.717, 1.165) is 7.11 Å². The molecule has 11 heteroatoms. The van der Waals surface area contributed by atoms with E-state index in [0.29, 0.717) is 17.8 Å². The predicted molar refractivity (Wildman–Crippen MR) is 77.9 cm³/mol. The molecule has 2 atom stereocenters. The van der Waals surface area contributed by atoms with Gasteiger partial charge in [0.2, 0.25) is 0 Å². The smallest absolute Gasteiger partial charge is 0.353 e. The first-order valence-electron chi connectivity index (χ1n) is 6.49. The standard InChI is InChI=1S/C11H18N5O5P/c1-3-20-8(21-7-22(17,18)19-2)4-16-6-15-9-10(12)13-5-14-11(9)16/h5-6,8H,3-4,7H2,1-2H3,(H,17,18)(H2,12,13,14). The summed E-state index contributed by atoms with van der Waals surface area (Å²) in [6, 6.07) is 0. The van der Waals surface area contributed by atoms with Crippen LogP contribution in [0.5, 0.6) is 0 Å². The quantitative estimate of drug-likeness (QED) is 0.526. The van der Waals surface area contributed by atoms with E-state index in [2.05, 4.69) is 19.5 Å². The van der Waals surface area contributed by atoms with Crippen LogP contribution in [-0.2, 0) is 25.1 Å². The van der Waals surface area contributed by atoms with E-state index in [1.165, 1.54) is 12.7 Å². The summed E-state index contributed by atoms with van der Waals surface area (Å²) in [5.74, 6) is 0.275. The van der Waals surface area contributed by atoms with Crippen LogP contribution in [-0.4, -0.2) is 50.8 Å². The lowest BCUT2D eigenvalue weighted by molar-refractivity contribution is -0.136. The fourth-order valence-corrected chi connectivity index (χ4v) is 2.22. The Kier molecular flexibility index (Phi) is 5.43. The van der Waals surface area contributed by atoms with E-state index >= 15 is 0 Å². The molecule has 3 N–H and O–H groups in total. The Hall–Kier alpha value is -1.58. The number of anilines is 1. The number of hydrogen-bond donors (Lipinski definition) is 2. The van der Waals surface area contributed by atoms with Gasteiger partial charge in [0.1, 0.15) is 11.8 Å². The Morgan fingerprint density at radius 2 is 2.18 bits per heavy atom. The highest BCUT2D eigenvalue weighted by atomic mass is 31.2. The monoisotopic (exact) mass is 331 g/mol. The van der Waals surface area contributed by atoms with E-state index in [4.69, 9.17) is 15.2 Å². The van der Waals surface area contributed by atoms with Crippen molar-refractivity contribution < 1.29 is 23.5 Å². The maximum Gasteiger partial charge on any atom is 0.353 e. The van der Waals surface area contributed by atoms with E-state index in [-0.39, 0.29) is 12.4 Å². The molecule has 0 fully saturated rings. The minimum atomic E-state index is -3.77. The maximum atomic E-state index is 11.4. The molecule has 0 aliphatic rings. The molecule has 0 radical (unpaired) electrons. The Labute approximate surface area is 126 Å². The third-order valence-corrected chi connectivity index (χ3v) is 3.88. The van der Waals surface area contributed by atoms with Crippen molar-refractivity contribution in [1.29, 1.82) is 0 Å². The van der Waals surface area contributed by atoms with Gasteiger partial charge in [-0.25, -0.2) is 15.0 Å². The van der Waals surface area contributed by atoms with Crippen molar-refractivity contribution in [2.75, 3.05) is 25.8 Å². The molecule has 2 heterocycles. The summed E-state index contributed by atoms with van der Waals surface area (Å²) < 4.78 is 28.3. The van der Waals surface area contributed by atoms with Gasteiger partial charge in [0, 0.05) is 13.7 Å². The molecule has 0 aromatic carbocycles. The van der Waals surface area contributed by atoms with Gasteiger partial charge in [-0.2, -0.15) is 0 Å². The van der Waals surface area contributed by atoms with Gasteiger partial charge < -0.3 is 29.2 Å². The number of fused-ring (bicyclic) bond motifs is 1. The largest absolute Gasteiger partial charge is 0.382 e. The molecule has 0 saturated heterocycles. The topological polar surface area (TPSA) is 135 Å². The van der Waals surface area contributed by atoms with E-state index in [1.807, 2.05) is 0 Å². The molecule has 0 spiro atoms. The van der Waals surface area contributed by atoms with Crippen LogP contribution in [0.3, 0.4) is 0 Å². The van der Waals surface area contributed by atoms with Gasteiger partial charge >= 0.3 is 7.60 Å². The number of aromatic nitrogens is 4. The predicted octanol–water partition coefficient (Wildman–Crippen LogP) is 0.577. The van der Waals surface area contributed by atoms with Crippen molar-refractivity contribution in [2.24, 2.45) is 0 Å². The molecule has 0 bridgehead atoms. The number of nitrogens with zero attached hydrogens (tertiary/aromatic N) is 4. The molecule has 10 nitrogen and oxygen atoms in total. The molecular formula is C11H18N5O5P. The number of nitrogens with two attached hydrogens (primary N) is 1. The SMILES string of the molecule is CCOC(Cn1cnc2c(N)ncnc21)OCP(=O)(O)OC. The Bertz CT molecular complexity index is 678. The summed E-state index contributed by atoms with van der Waals surface area (Å²) in [5.41, 5.74) is 6.72. The van der Waals surface area contributed by atoms with E-state index < -0.39 is 20.2 Å². The third kappa shape index (κ3) is 3.99. The molecule has 22 heavy (non-hydrogen) atoms. The van der Waals surface area contributed by atoms with Gasteiger partial charge in [0.15, 0.2) is 24.1 Å². The van der Waals surface area contributed by atoms with Crippen molar-refractivity contribution in [1.82, 2.24) is 19.5 Å². The van der Waals surface area contributed by atoms with Crippen LogP contribution in [0.25, 0.3) is 11.2 Å². The highest BCUT2D eigenvalue weighted by Crippen LogP contribution is 2.40. The van der Waals surface area contributed by atoms with E-state index in [1.54, 1.807) is 11.5 Å². The Morgan fingerprint density at radius 3 is 2.86 bits per heavy atom. The van der Waals surface area contributed by atoms with Gasteiger partial charge in [-0.05, 0) is 6.92 Å². The van der Waals surface area contributed by atoms with Gasteiger partial charge in [-0.3, -0.25) is 4.57 Å². The molecular weight excluding hydrogens is 313 g/mol. The van der Waals surface area contributed by atoms with Crippen LogP contribution in [0.1, 0.15) is 6.92 Å². The van der Waals surface area contributed by atoms with Crippen LogP contribution in [0.4, 0.5) is 5.82 Å². The zero-order valence-corrected chi connectivity index (χ0v) is 13.1. The van der Waals surface area contributed by atoms with Crippen LogP contribution < -0.4 is 5.73 Å². The molecule has 2 aromatic rings. The fourth-order valence-electron chi connectivity index (χ4n) is 1.76. The zero-order chi connectivity index (χ0) is 16.2. The molecule has 2 unspecified atom stereocenters. The van der Waals surface area contributed by atoms with Crippen molar-refractivity contribution in [2.45, 2.75) is 19.8 Å². The van der Waals surface area contributed by atoms with Gasteiger partial charge in [-0.1, -0.05) is 0 Å². The number of hydrogen-bond acceptors (Lipinski definition) is 8. The lowest BCUT2D eigenvalue weighted by atomic mass is 10.5. The molecule has 0 amide bonds. The van der Waals surface area contributed by atoms with E-state index in [9.17, 15) is 9.46 Å². The second-order valence-electron chi connectivity index (χ2n) is 4.33. The molecule has 122 valence electrons. The van der Waals surface area contributed by atoms with Crippen molar-refractivity contribution in [3.63, 3.8) is 0 Å². The van der Waals surface area contributed by atoms with Crippen molar-refractivity contribution in [3.05, 3.63) is 12.7 Å². The van der Waals surface area contributed by atoms with Crippen LogP contribution >= 0.6 is 7.60 Å². The van der Waals surface area contributed by atoms with Crippen LogP contribution in [0, 0.1) is 0 Å². The first-order valence-corrected chi connectivity index (χ1v) is 8.25. The van der Waals surface area contributed by atoms with Gasteiger partial charge in [0.05, 0.1) is 12.9 Å². The summed E-state index contributed by atoms with van der Waals surface area (Å²) in [6.45, 7) is 2.39. The second-order valence-corrected chi connectivity index (χ2v) is 6.23. The molecule has 0 saturated carbocycles. The molecule has 2 aromatic heterocycles. The van der Waals surface area contributed by atoms with Gasteiger partial charge in [-0.15, -0.1) is 0 Å². The number of nitrogen functional groups attached to an aromatic ring is 1. The molecule has 2 rings (SSSR count). The molecule has 0 aliphatic carbocycles. The normalized spacial score (nSPS) is 15.8. The first-order chi connectivity index (χ1) is 10.5. The van der Waals surface area contributed by atoms with Gasteiger partial charge in [0.25, 0.3) is 0 Å². The minimum absolute atomic E-state index is 0.227. The number of rotatable bonds is 8. The minimum Gasteiger partial charge on any atom is -0.382 e. The Morgan fingerprint density at radius 1 is 1.41 bits per heavy atom. The third-order valence-electron chi connectivity index (χ3n) is 2.84. The summed E-state index contributed by atoms with van der Waals surface area (Å²) in [5, 5.41) is 0. The summed E-state index contributed by atoms with van der Waals surface area (Å²) in [7, 11) is -2.63. The lowest BCUT2D eigenvalue weighted by Crippen LogP contribution is -2.24. The zero-order valence-electron chi connectivity index (χ0n) is 12.2. The number of imidazole rings is 1. The maximum absolute atomic E-state index is 11.4. The second kappa shape index (κ2) is 7.12. The summed E-state index contributed by atoms with van der Waals surface area (Å²) in [6.07, 6.45) is 1.63. The van der Waals surface area contributed by atoms with Crippen LogP contribution in [0.15, 0.2) is 12.7 Å². The summed E-state index contributed by atoms with van der Waals surface area (Å²) in [4.78, 5) is 21.5. The summed E-state index contributed by atoms with van der Waals surface area (Å²) >= 11 is 0. The highest BCUT2D eigenvalue weighted by Gasteiger charge is 2.22. The van der Waals surface area contributed by atoms with Crippen molar-refractivity contribution in [3.8, 4) is 0 Å². The number of ether oxygens (including phenoxy) is 2. The Balaban J connectivity index is 2.12. The van der Waals surface area contributed by atoms with Crippen molar-refractivity contribution >= 4 is 24.6 Å². The highest BCUT2D eigenvalue weighted by molar-refractivity contribution is 7.52.